The molecule has 0 aliphatic heterocycles. The first-order chi connectivity index (χ1) is 8.61. The van der Waals surface area contributed by atoms with Crippen molar-refractivity contribution in [2.24, 2.45) is 5.92 Å². The molecule has 18 heavy (non-hydrogen) atoms. The average Bonchev–Trinajstić information content (AvgIpc) is 2.35. The smallest absolute Gasteiger partial charge is 0.115 e. The van der Waals surface area contributed by atoms with Crippen molar-refractivity contribution in [3.05, 3.63) is 29.3 Å². The standard InChI is InChI=1S/C15H23NO2/c1-10(2)15(9-17)16-14-5-3-4-11-8-12(18)6-7-13(11)14/h6-8,10,14-18H,3-5,9H2,1-2H3/t14?,15-/m1/s1. The number of fused-ring (bicyclic) bond motifs is 1. The lowest BCUT2D eigenvalue weighted by Crippen LogP contribution is -2.40. The molecule has 0 aromatic heterocycles. The molecule has 1 aliphatic rings. The average molecular weight is 249 g/mol. The van der Waals surface area contributed by atoms with Gasteiger partial charge in [0.15, 0.2) is 0 Å². The van der Waals surface area contributed by atoms with E-state index in [9.17, 15) is 10.2 Å². The fourth-order valence-electron chi connectivity index (χ4n) is 2.69. The summed E-state index contributed by atoms with van der Waals surface area (Å²) in [5.41, 5.74) is 2.51. The van der Waals surface area contributed by atoms with Gasteiger partial charge in [-0.3, -0.25) is 0 Å². The fourth-order valence-corrected chi connectivity index (χ4v) is 2.69. The number of phenols is 1. The third kappa shape index (κ3) is 2.85. The Hall–Kier alpha value is -1.06. The summed E-state index contributed by atoms with van der Waals surface area (Å²) in [5.74, 6) is 0.759. The van der Waals surface area contributed by atoms with E-state index in [1.165, 1.54) is 11.1 Å². The second kappa shape index (κ2) is 5.72. The maximum Gasteiger partial charge on any atom is 0.115 e. The summed E-state index contributed by atoms with van der Waals surface area (Å²) in [5, 5.41) is 22.5. The maximum absolute atomic E-state index is 9.53. The van der Waals surface area contributed by atoms with Crippen LogP contribution in [0.5, 0.6) is 5.75 Å². The van der Waals surface area contributed by atoms with Crippen molar-refractivity contribution in [3.8, 4) is 5.75 Å². The number of benzene rings is 1. The van der Waals surface area contributed by atoms with E-state index in [1.54, 1.807) is 6.07 Å². The van der Waals surface area contributed by atoms with Crippen molar-refractivity contribution < 1.29 is 10.2 Å². The van der Waals surface area contributed by atoms with Crippen LogP contribution in [0.4, 0.5) is 0 Å². The number of aliphatic hydroxyl groups excluding tert-OH is 1. The number of hydrogen-bond donors (Lipinski definition) is 3. The molecule has 0 spiro atoms. The van der Waals surface area contributed by atoms with Gasteiger partial charge in [0.1, 0.15) is 5.75 Å². The van der Waals surface area contributed by atoms with Crippen LogP contribution in [0.1, 0.15) is 43.9 Å². The minimum Gasteiger partial charge on any atom is -0.508 e. The van der Waals surface area contributed by atoms with Crippen LogP contribution in [0.3, 0.4) is 0 Å². The zero-order chi connectivity index (χ0) is 13.1. The fraction of sp³-hybridized carbons (Fsp3) is 0.600. The van der Waals surface area contributed by atoms with Gasteiger partial charge < -0.3 is 15.5 Å². The lowest BCUT2D eigenvalue weighted by molar-refractivity contribution is 0.194. The molecule has 1 aliphatic carbocycles. The van der Waals surface area contributed by atoms with E-state index in [1.807, 2.05) is 12.1 Å². The molecule has 1 unspecified atom stereocenters. The maximum atomic E-state index is 9.53. The van der Waals surface area contributed by atoms with Crippen molar-refractivity contribution in [3.63, 3.8) is 0 Å². The minimum atomic E-state index is 0.134. The van der Waals surface area contributed by atoms with E-state index in [-0.39, 0.29) is 12.6 Å². The molecule has 2 rings (SSSR count). The highest BCUT2D eigenvalue weighted by Gasteiger charge is 2.23. The van der Waals surface area contributed by atoms with Crippen molar-refractivity contribution in [1.82, 2.24) is 5.32 Å². The van der Waals surface area contributed by atoms with E-state index >= 15 is 0 Å². The van der Waals surface area contributed by atoms with Gasteiger partial charge in [0.25, 0.3) is 0 Å². The first-order valence-electron chi connectivity index (χ1n) is 6.80. The molecular weight excluding hydrogens is 226 g/mol. The third-order valence-electron chi connectivity index (χ3n) is 3.86. The Morgan fingerprint density at radius 3 is 2.83 bits per heavy atom. The summed E-state index contributed by atoms with van der Waals surface area (Å²) >= 11 is 0. The first-order valence-corrected chi connectivity index (χ1v) is 6.80. The summed E-state index contributed by atoms with van der Waals surface area (Å²) in [6.45, 7) is 4.41. The topological polar surface area (TPSA) is 52.5 Å². The number of phenolic OH excluding ortho intramolecular Hbond substituents is 1. The van der Waals surface area contributed by atoms with E-state index < -0.39 is 0 Å². The number of rotatable bonds is 4. The molecule has 0 saturated carbocycles. The molecule has 0 bridgehead atoms. The van der Waals surface area contributed by atoms with Crippen LogP contribution in [0, 0.1) is 5.92 Å². The van der Waals surface area contributed by atoms with Gasteiger partial charge in [0, 0.05) is 12.1 Å². The van der Waals surface area contributed by atoms with Gasteiger partial charge in [-0.25, -0.2) is 0 Å². The van der Waals surface area contributed by atoms with Crippen molar-refractivity contribution in [2.75, 3.05) is 6.61 Å². The number of aromatic hydroxyl groups is 1. The molecule has 0 fully saturated rings. The van der Waals surface area contributed by atoms with Crippen LogP contribution < -0.4 is 5.32 Å². The zero-order valence-electron chi connectivity index (χ0n) is 11.2. The van der Waals surface area contributed by atoms with Crippen LogP contribution >= 0.6 is 0 Å². The Bertz CT molecular complexity index is 403. The number of nitrogens with one attached hydrogen (secondary N) is 1. The third-order valence-corrected chi connectivity index (χ3v) is 3.86. The van der Waals surface area contributed by atoms with Crippen molar-refractivity contribution in [1.29, 1.82) is 0 Å². The molecule has 100 valence electrons. The van der Waals surface area contributed by atoms with Gasteiger partial charge in [0.05, 0.1) is 6.61 Å². The monoisotopic (exact) mass is 249 g/mol. The molecule has 1 aromatic carbocycles. The number of aryl methyl sites for hydroxylation is 1. The van der Waals surface area contributed by atoms with Gasteiger partial charge in [-0.2, -0.15) is 0 Å². The second-order valence-electron chi connectivity index (χ2n) is 5.53. The molecule has 1 aromatic rings. The van der Waals surface area contributed by atoms with Crippen LogP contribution in [0.25, 0.3) is 0 Å². The Kier molecular flexibility index (Phi) is 4.25. The van der Waals surface area contributed by atoms with Gasteiger partial charge in [-0.15, -0.1) is 0 Å². The van der Waals surface area contributed by atoms with E-state index in [0.29, 0.717) is 17.7 Å². The molecule has 0 amide bonds. The SMILES string of the molecule is CC(C)[C@@H](CO)NC1CCCc2cc(O)ccc21. The normalized spacial score (nSPS) is 20.8. The Morgan fingerprint density at radius 1 is 1.39 bits per heavy atom. The van der Waals surface area contributed by atoms with Gasteiger partial charge >= 0.3 is 0 Å². The highest BCUT2D eigenvalue weighted by atomic mass is 16.3. The van der Waals surface area contributed by atoms with Crippen LogP contribution in [-0.2, 0) is 6.42 Å². The lowest BCUT2D eigenvalue weighted by atomic mass is 9.86. The van der Waals surface area contributed by atoms with E-state index in [2.05, 4.69) is 19.2 Å². The highest BCUT2D eigenvalue weighted by molar-refractivity contribution is 5.38. The Balaban J connectivity index is 2.17. The van der Waals surface area contributed by atoms with Gasteiger partial charge in [-0.1, -0.05) is 19.9 Å². The van der Waals surface area contributed by atoms with Gasteiger partial charge in [-0.05, 0) is 48.4 Å². The molecule has 0 heterocycles. The predicted octanol–water partition coefficient (Wildman–Crippen LogP) is 2.38. The summed E-state index contributed by atoms with van der Waals surface area (Å²) in [4.78, 5) is 0. The minimum absolute atomic E-state index is 0.134. The van der Waals surface area contributed by atoms with E-state index in [4.69, 9.17) is 0 Å². The summed E-state index contributed by atoms with van der Waals surface area (Å²) in [6, 6.07) is 6.06. The molecule has 0 radical (unpaired) electrons. The van der Waals surface area contributed by atoms with E-state index in [0.717, 1.165) is 19.3 Å². The highest BCUT2D eigenvalue weighted by Crippen LogP contribution is 2.32. The quantitative estimate of drug-likeness (QED) is 0.768. The molecule has 3 heteroatoms. The Labute approximate surface area is 109 Å². The summed E-state index contributed by atoms with van der Waals surface area (Å²) < 4.78 is 0. The summed E-state index contributed by atoms with van der Waals surface area (Å²) in [7, 11) is 0. The molecule has 2 atom stereocenters. The van der Waals surface area contributed by atoms with Crippen molar-refractivity contribution >= 4 is 0 Å². The predicted molar refractivity (Wildman–Crippen MR) is 72.6 cm³/mol. The Morgan fingerprint density at radius 2 is 2.17 bits per heavy atom. The largest absolute Gasteiger partial charge is 0.508 e. The number of aliphatic hydroxyl groups is 1. The number of hydrogen-bond acceptors (Lipinski definition) is 3. The molecule has 0 saturated heterocycles. The first kappa shape index (κ1) is 13.4. The van der Waals surface area contributed by atoms with Crippen LogP contribution in [-0.4, -0.2) is 22.9 Å². The molecule has 3 N–H and O–H groups in total. The van der Waals surface area contributed by atoms with Gasteiger partial charge in [0.2, 0.25) is 0 Å². The van der Waals surface area contributed by atoms with Crippen LogP contribution in [0.15, 0.2) is 18.2 Å². The second-order valence-corrected chi connectivity index (χ2v) is 5.53. The van der Waals surface area contributed by atoms with Crippen LogP contribution in [0.2, 0.25) is 0 Å². The zero-order valence-corrected chi connectivity index (χ0v) is 11.2. The molecule has 3 nitrogen and oxygen atoms in total. The van der Waals surface area contributed by atoms with Crippen molar-refractivity contribution in [2.45, 2.75) is 45.2 Å². The summed E-state index contributed by atoms with van der Waals surface area (Å²) in [6.07, 6.45) is 3.26. The lowest BCUT2D eigenvalue weighted by Gasteiger charge is -2.31. The molecular formula is C15H23NO2.